The molecule has 174 valence electrons. The summed E-state index contributed by atoms with van der Waals surface area (Å²) in [6, 6.07) is 10.5. The molecule has 1 amide bonds. The van der Waals surface area contributed by atoms with Crippen LogP contribution in [-0.2, 0) is 13.0 Å². The lowest BCUT2D eigenvalue weighted by Gasteiger charge is -2.32. The van der Waals surface area contributed by atoms with Crippen molar-refractivity contribution in [3.05, 3.63) is 53.7 Å². The Kier molecular flexibility index (Phi) is 5.76. The topological polar surface area (TPSA) is 123 Å². The fourth-order valence-corrected chi connectivity index (χ4v) is 4.36. The van der Waals surface area contributed by atoms with Crippen molar-refractivity contribution >= 4 is 23.5 Å². The highest BCUT2D eigenvalue weighted by Gasteiger charge is 2.34. The third kappa shape index (κ3) is 4.37. The van der Waals surface area contributed by atoms with E-state index in [1.165, 1.54) is 4.90 Å². The Bertz CT molecular complexity index is 1240. The molecule has 0 unspecified atom stereocenters. The molecule has 34 heavy (non-hydrogen) atoms. The molecule has 3 aromatic rings. The number of nitrogens with zero attached hydrogens (tertiary/aromatic N) is 7. The maximum atomic E-state index is 11.6. The smallest absolute Gasteiger partial charge is 0.407 e. The Morgan fingerprint density at radius 3 is 2.74 bits per heavy atom. The minimum Gasteiger partial charge on any atom is -0.465 e. The number of benzene rings is 1. The summed E-state index contributed by atoms with van der Waals surface area (Å²) < 4.78 is 2.01. The van der Waals surface area contributed by atoms with Crippen molar-refractivity contribution in [2.24, 2.45) is 0 Å². The number of carboxylic acid groups (broad SMARTS) is 1. The number of nitrogens with one attached hydrogen (secondary N) is 1. The van der Waals surface area contributed by atoms with E-state index in [-0.39, 0.29) is 6.54 Å². The summed E-state index contributed by atoms with van der Waals surface area (Å²) in [6.45, 7) is 3.18. The van der Waals surface area contributed by atoms with E-state index in [0.29, 0.717) is 37.9 Å². The molecule has 0 bridgehead atoms. The van der Waals surface area contributed by atoms with Gasteiger partial charge in [-0.2, -0.15) is 10.2 Å². The second-order valence-corrected chi connectivity index (χ2v) is 8.60. The van der Waals surface area contributed by atoms with Crippen LogP contribution in [0.4, 0.5) is 22.2 Å². The summed E-state index contributed by atoms with van der Waals surface area (Å²) in [7, 11) is 0. The lowest BCUT2D eigenvalue weighted by molar-refractivity contribution is 0.139. The zero-order valence-corrected chi connectivity index (χ0v) is 19.0. The van der Waals surface area contributed by atoms with Gasteiger partial charge < -0.3 is 24.8 Å². The van der Waals surface area contributed by atoms with Crippen molar-refractivity contribution in [1.29, 1.82) is 5.26 Å². The molecule has 10 heteroatoms. The molecule has 0 saturated heterocycles. The van der Waals surface area contributed by atoms with Gasteiger partial charge in [0.15, 0.2) is 0 Å². The van der Waals surface area contributed by atoms with E-state index >= 15 is 0 Å². The molecule has 1 fully saturated rings. The molecule has 0 radical (unpaired) electrons. The second-order valence-electron chi connectivity index (χ2n) is 8.60. The highest BCUT2D eigenvalue weighted by atomic mass is 16.4. The van der Waals surface area contributed by atoms with E-state index in [1.54, 1.807) is 6.20 Å². The average Bonchev–Trinajstić information content (AvgIpc) is 3.59. The molecule has 1 aromatic carbocycles. The van der Waals surface area contributed by atoms with Crippen molar-refractivity contribution in [2.45, 2.75) is 45.2 Å². The molecule has 2 aliphatic rings. The van der Waals surface area contributed by atoms with Crippen LogP contribution in [0.1, 0.15) is 36.3 Å². The fourth-order valence-electron chi connectivity index (χ4n) is 4.36. The van der Waals surface area contributed by atoms with Gasteiger partial charge >= 0.3 is 6.09 Å². The third-order valence-corrected chi connectivity index (χ3v) is 6.26. The first kappa shape index (κ1) is 21.7. The number of fused-ring (bicyclic) bond motifs is 1. The van der Waals surface area contributed by atoms with E-state index < -0.39 is 6.09 Å². The van der Waals surface area contributed by atoms with Crippen LogP contribution in [0.25, 0.3) is 5.69 Å². The lowest BCUT2D eigenvalue weighted by Crippen LogP contribution is -2.38. The Labute approximate surface area is 197 Å². The Morgan fingerprint density at radius 2 is 2.09 bits per heavy atom. The molecular weight excluding hydrogens is 432 g/mol. The molecule has 0 atom stereocenters. The molecule has 1 aliphatic carbocycles. The number of nitriles is 1. The van der Waals surface area contributed by atoms with E-state index in [2.05, 4.69) is 21.3 Å². The van der Waals surface area contributed by atoms with Crippen molar-refractivity contribution in [3.63, 3.8) is 0 Å². The largest absolute Gasteiger partial charge is 0.465 e. The fraction of sp³-hybridized carbons (Fsp3) is 0.375. The van der Waals surface area contributed by atoms with Crippen molar-refractivity contribution in [3.8, 4) is 11.8 Å². The molecule has 10 nitrogen and oxygen atoms in total. The lowest BCUT2D eigenvalue weighted by atomic mass is 10.1. The van der Waals surface area contributed by atoms with Gasteiger partial charge in [-0.1, -0.05) is 0 Å². The predicted molar refractivity (Wildman–Crippen MR) is 126 cm³/mol. The van der Waals surface area contributed by atoms with Gasteiger partial charge in [0.2, 0.25) is 5.95 Å². The molecule has 3 heterocycles. The van der Waals surface area contributed by atoms with Crippen LogP contribution in [0.2, 0.25) is 0 Å². The number of carbonyl (C=O) groups is 1. The minimum absolute atomic E-state index is 0.259. The molecule has 5 rings (SSSR count). The Hall–Kier alpha value is -4.13. The molecule has 1 aliphatic heterocycles. The summed E-state index contributed by atoms with van der Waals surface area (Å²) in [5, 5.41) is 22.0. The quantitative estimate of drug-likeness (QED) is 0.550. The van der Waals surface area contributed by atoms with Gasteiger partial charge in [-0.05, 0) is 44.0 Å². The number of hydrogen-bond acceptors (Lipinski definition) is 7. The second kappa shape index (κ2) is 9.02. The van der Waals surface area contributed by atoms with Crippen LogP contribution >= 0.6 is 0 Å². The van der Waals surface area contributed by atoms with Gasteiger partial charge in [-0.3, -0.25) is 0 Å². The molecular formula is C24H26N8O2. The number of anilines is 3. The van der Waals surface area contributed by atoms with Gasteiger partial charge in [0.05, 0.1) is 24.7 Å². The standard InChI is InChI=1S/C24H26N8O2/c1-16-26-11-14-31(16)18-5-3-17(4-6-18)27-23-28-21-9-13-30(24(33)34)15-20(21)22(29-23)32(12-2-10-25)19-7-8-19/h3-6,11,14,19H,2,7-9,12-13,15H2,1H3,(H,33,34)(H,27,28,29). The SMILES string of the molecule is Cc1nccn1-c1ccc(Nc2nc3c(c(N(CCC#N)C4CC4)n2)CN(C(=O)O)CC3)cc1. The number of hydrogen-bond donors (Lipinski definition) is 2. The van der Waals surface area contributed by atoms with Crippen LogP contribution in [0.5, 0.6) is 0 Å². The first-order valence-electron chi connectivity index (χ1n) is 11.4. The van der Waals surface area contributed by atoms with Crippen LogP contribution < -0.4 is 10.2 Å². The monoisotopic (exact) mass is 458 g/mol. The van der Waals surface area contributed by atoms with Gasteiger partial charge in [0, 0.05) is 54.9 Å². The van der Waals surface area contributed by atoms with Crippen LogP contribution in [0.3, 0.4) is 0 Å². The number of rotatable bonds is 7. The van der Waals surface area contributed by atoms with Gasteiger partial charge in [-0.25, -0.2) is 14.8 Å². The number of imidazole rings is 1. The first-order chi connectivity index (χ1) is 16.5. The van der Waals surface area contributed by atoms with Gasteiger partial charge in [0.1, 0.15) is 11.6 Å². The Balaban J connectivity index is 1.46. The number of aryl methyl sites for hydroxylation is 1. The summed E-state index contributed by atoms with van der Waals surface area (Å²) >= 11 is 0. The van der Waals surface area contributed by atoms with Crippen LogP contribution in [0, 0.1) is 18.3 Å². The summed E-state index contributed by atoms with van der Waals surface area (Å²) in [6.07, 6.45) is 5.76. The van der Waals surface area contributed by atoms with Crippen LogP contribution in [-0.4, -0.2) is 54.8 Å². The van der Waals surface area contributed by atoms with E-state index in [1.807, 2.05) is 42.0 Å². The Morgan fingerprint density at radius 1 is 1.29 bits per heavy atom. The van der Waals surface area contributed by atoms with E-state index in [9.17, 15) is 9.90 Å². The molecule has 2 aromatic heterocycles. The zero-order valence-electron chi connectivity index (χ0n) is 19.0. The molecule has 1 saturated carbocycles. The van der Waals surface area contributed by atoms with Crippen LogP contribution in [0.15, 0.2) is 36.7 Å². The van der Waals surface area contributed by atoms with Crippen molar-refractivity contribution in [1.82, 2.24) is 24.4 Å². The molecule has 0 spiro atoms. The summed E-state index contributed by atoms with van der Waals surface area (Å²) in [5.41, 5.74) is 3.57. The molecule has 2 N–H and O–H groups in total. The van der Waals surface area contributed by atoms with E-state index in [0.717, 1.165) is 47.1 Å². The maximum Gasteiger partial charge on any atom is 0.407 e. The number of amides is 1. The average molecular weight is 459 g/mol. The van der Waals surface area contributed by atoms with Crippen molar-refractivity contribution < 1.29 is 9.90 Å². The van der Waals surface area contributed by atoms with Gasteiger partial charge in [-0.15, -0.1) is 0 Å². The first-order valence-corrected chi connectivity index (χ1v) is 11.4. The summed E-state index contributed by atoms with van der Waals surface area (Å²) in [5.74, 6) is 2.13. The summed E-state index contributed by atoms with van der Waals surface area (Å²) in [4.78, 5) is 29.0. The maximum absolute atomic E-state index is 11.6. The normalized spacial score (nSPS) is 14.9. The predicted octanol–water partition coefficient (Wildman–Crippen LogP) is 3.63. The number of aromatic nitrogens is 4. The van der Waals surface area contributed by atoms with Gasteiger partial charge in [0.25, 0.3) is 0 Å². The minimum atomic E-state index is -0.943. The highest BCUT2D eigenvalue weighted by Crippen LogP contribution is 2.36. The third-order valence-electron chi connectivity index (χ3n) is 6.26. The zero-order chi connectivity index (χ0) is 23.7. The van der Waals surface area contributed by atoms with Crippen molar-refractivity contribution in [2.75, 3.05) is 23.3 Å². The highest BCUT2D eigenvalue weighted by molar-refractivity contribution is 5.67. The van der Waals surface area contributed by atoms with E-state index in [4.69, 9.17) is 15.2 Å².